The van der Waals surface area contributed by atoms with E-state index in [0.29, 0.717) is 21.8 Å². The van der Waals surface area contributed by atoms with Crippen molar-refractivity contribution in [1.82, 2.24) is 0 Å². The van der Waals surface area contributed by atoms with Crippen LogP contribution < -0.4 is 10.0 Å². The number of carbonyl (C=O) groups is 1. The lowest BCUT2D eigenvalue weighted by Gasteiger charge is -2.13. The minimum absolute atomic E-state index is 0.206. The maximum atomic E-state index is 13.7. The van der Waals surface area contributed by atoms with Crippen LogP contribution in [0.1, 0.15) is 15.9 Å². The molecule has 0 aliphatic rings. The third kappa shape index (κ3) is 4.72. The highest BCUT2D eigenvalue weighted by Gasteiger charge is 2.20. The van der Waals surface area contributed by atoms with Crippen LogP contribution >= 0.6 is 11.6 Å². The molecule has 0 heterocycles. The molecule has 9 heteroatoms. The zero-order valence-corrected chi connectivity index (χ0v) is 16.6. The molecule has 150 valence electrons. The zero-order valence-electron chi connectivity index (χ0n) is 15.0. The smallest absolute Gasteiger partial charge is 0.262 e. The molecule has 0 aliphatic heterocycles. The van der Waals surface area contributed by atoms with E-state index in [9.17, 15) is 22.0 Å². The SMILES string of the molecule is Cc1cc(S(=O)(=O)Nc2c(F)cccc2F)ccc1NC(=O)c1ccc(Cl)cc1. The number of halogens is 3. The maximum absolute atomic E-state index is 13.7. The molecule has 0 unspecified atom stereocenters. The number of anilines is 2. The molecule has 3 rings (SSSR count). The summed E-state index contributed by atoms with van der Waals surface area (Å²) >= 11 is 5.80. The number of aryl methyl sites for hydroxylation is 1. The maximum Gasteiger partial charge on any atom is 0.262 e. The Morgan fingerprint density at radius 1 is 0.966 bits per heavy atom. The molecule has 0 saturated heterocycles. The molecule has 3 aromatic rings. The minimum atomic E-state index is -4.24. The third-order valence-electron chi connectivity index (χ3n) is 4.06. The van der Waals surface area contributed by atoms with Crippen molar-refractivity contribution >= 4 is 38.9 Å². The summed E-state index contributed by atoms with van der Waals surface area (Å²) in [5.41, 5.74) is 0.456. The van der Waals surface area contributed by atoms with E-state index >= 15 is 0 Å². The lowest BCUT2D eigenvalue weighted by molar-refractivity contribution is 0.102. The van der Waals surface area contributed by atoms with Gasteiger partial charge in [-0.1, -0.05) is 17.7 Å². The average molecular weight is 437 g/mol. The molecule has 2 N–H and O–H groups in total. The van der Waals surface area contributed by atoms with Gasteiger partial charge < -0.3 is 5.32 Å². The highest BCUT2D eigenvalue weighted by molar-refractivity contribution is 7.92. The van der Waals surface area contributed by atoms with Crippen molar-refractivity contribution < 1.29 is 22.0 Å². The first-order chi connectivity index (χ1) is 13.7. The molecule has 1 amide bonds. The average Bonchev–Trinajstić information content (AvgIpc) is 2.67. The van der Waals surface area contributed by atoms with E-state index in [4.69, 9.17) is 11.6 Å². The summed E-state index contributed by atoms with van der Waals surface area (Å²) in [5.74, 6) is -2.46. The number of hydrogen-bond donors (Lipinski definition) is 2. The largest absolute Gasteiger partial charge is 0.322 e. The number of amides is 1. The van der Waals surface area contributed by atoms with Gasteiger partial charge in [-0.25, -0.2) is 17.2 Å². The van der Waals surface area contributed by atoms with Crippen molar-refractivity contribution in [3.05, 3.63) is 88.4 Å². The summed E-state index contributed by atoms with van der Waals surface area (Å²) < 4.78 is 54.4. The first-order valence-corrected chi connectivity index (χ1v) is 10.2. The van der Waals surface area contributed by atoms with Gasteiger partial charge in [0, 0.05) is 16.3 Å². The van der Waals surface area contributed by atoms with Crippen molar-refractivity contribution in [2.24, 2.45) is 0 Å². The fourth-order valence-corrected chi connectivity index (χ4v) is 3.81. The van der Waals surface area contributed by atoms with Gasteiger partial charge in [0.05, 0.1) is 4.90 Å². The summed E-state index contributed by atoms with van der Waals surface area (Å²) in [7, 11) is -4.24. The Morgan fingerprint density at radius 3 is 2.17 bits per heavy atom. The van der Waals surface area contributed by atoms with E-state index in [0.717, 1.165) is 18.2 Å². The predicted octanol–water partition coefficient (Wildman–Crippen LogP) is 4.98. The van der Waals surface area contributed by atoms with Crippen LogP contribution in [0.25, 0.3) is 0 Å². The van der Waals surface area contributed by atoms with Crippen LogP contribution in [-0.2, 0) is 10.0 Å². The van der Waals surface area contributed by atoms with Crippen LogP contribution in [0.5, 0.6) is 0 Å². The summed E-state index contributed by atoms with van der Waals surface area (Å²) in [6, 6.07) is 13.2. The van der Waals surface area contributed by atoms with E-state index in [1.807, 2.05) is 4.72 Å². The van der Waals surface area contributed by atoms with Crippen LogP contribution in [0.2, 0.25) is 5.02 Å². The number of para-hydroxylation sites is 1. The van der Waals surface area contributed by atoms with Crippen LogP contribution in [0.4, 0.5) is 20.2 Å². The van der Waals surface area contributed by atoms with Crippen LogP contribution in [0.3, 0.4) is 0 Å². The molecule has 0 aliphatic carbocycles. The molecule has 0 fully saturated rings. The van der Waals surface area contributed by atoms with Crippen molar-refractivity contribution in [3.63, 3.8) is 0 Å². The quantitative estimate of drug-likeness (QED) is 0.592. The monoisotopic (exact) mass is 436 g/mol. The van der Waals surface area contributed by atoms with Crippen LogP contribution in [0.15, 0.2) is 65.6 Å². The van der Waals surface area contributed by atoms with Crippen LogP contribution in [0, 0.1) is 18.6 Å². The van der Waals surface area contributed by atoms with Gasteiger partial charge in [0.15, 0.2) is 0 Å². The third-order valence-corrected chi connectivity index (χ3v) is 5.66. The molecule has 0 radical (unpaired) electrons. The van der Waals surface area contributed by atoms with Gasteiger partial charge in [-0.3, -0.25) is 9.52 Å². The van der Waals surface area contributed by atoms with Gasteiger partial charge in [-0.05, 0) is 67.1 Å². The van der Waals surface area contributed by atoms with Gasteiger partial charge in [0.2, 0.25) is 0 Å². The minimum Gasteiger partial charge on any atom is -0.322 e. The Hall–Kier alpha value is -2.97. The van der Waals surface area contributed by atoms with E-state index in [1.54, 1.807) is 31.2 Å². The standard InChI is InChI=1S/C20H15ClF2N2O3S/c1-12-11-15(29(27,28)25-19-16(22)3-2-4-17(19)23)9-10-18(12)24-20(26)13-5-7-14(21)8-6-13/h2-11,25H,1H3,(H,24,26). The summed E-state index contributed by atoms with van der Waals surface area (Å²) in [6.07, 6.45) is 0. The van der Waals surface area contributed by atoms with Crippen molar-refractivity contribution in [2.45, 2.75) is 11.8 Å². The van der Waals surface area contributed by atoms with Gasteiger partial charge in [-0.15, -0.1) is 0 Å². The molecule has 5 nitrogen and oxygen atoms in total. The van der Waals surface area contributed by atoms with Gasteiger partial charge in [0.25, 0.3) is 15.9 Å². The lowest BCUT2D eigenvalue weighted by Crippen LogP contribution is -2.16. The van der Waals surface area contributed by atoms with E-state index in [2.05, 4.69) is 5.32 Å². The molecule has 0 atom stereocenters. The normalized spacial score (nSPS) is 11.2. The van der Waals surface area contributed by atoms with E-state index in [-0.39, 0.29) is 4.90 Å². The Kier molecular flexibility index (Phi) is 5.86. The molecular weight excluding hydrogens is 422 g/mol. The Bertz CT molecular complexity index is 1160. The van der Waals surface area contributed by atoms with Crippen molar-refractivity contribution in [2.75, 3.05) is 10.0 Å². The first kappa shape index (κ1) is 20.8. The summed E-state index contributed by atoms with van der Waals surface area (Å²) in [5, 5.41) is 3.17. The molecule has 0 bridgehead atoms. The number of benzene rings is 3. The molecule has 29 heavy (non-hydrogen) atoms. The van der Waals surface area contributed by atoms with Gasteiger partial charge >= 0.3 is 0 Å². The van der Waals surface area contributed by atoms with E-state index in [1.165, 1.54) is 18.2 Å². The topological polar surface area (TPSA) is 75.3 Å². The Labute approximate surface area is 171 Å². The van der Waals surface area contributed by atoms with E-state index < -0.39 is 33.3 Å². The fraction of sp³-hybridized carbons (Fsp3) is 0.0500. The van der Waals surface area contributed by atoms with Gasteiger partial charge in [0.1, 0.15) is 17.3 Å². The first-order valence-electron chi connectivity index (χ1n) is 8.32. The number of carbonyl (C=O) groups excluding carboxylic acids is 1. The second-order valence-electron chi connectivity index (χ2n) is 6.14. The second-order valence-corrected chi connectivity index (χ2v) is 8.26. The van der Waals surface area contributed by atoms with Crippen molar-refractivity contribution in [3.8, 4) is 0 Å². The van der Waals surface area contributed by atoms with Crippen molar-refractivity contribution in [1.29, 1.82) is 0 Å². The summed E-state index contributed by atoms with van der Waals surface area (Å²) in [4.78, 5) is 12.1. The fourth-order valence-electron chi connectivity index (χ4n) is 2.53. The highest BCUT2D eigenvalue weighted by Crippen LogP contribution is 2.25. The molecule has 0 saturated carbocycles. The van der Waals surface area contributed by atoms with Crippen LogP contribution in [-0.4, -0.2) is 14.3 Å². The van der Waals surface area contributed by atoms with Gasteiger partial charge in [-0.2, -0.15) is 0 Å². The molecule has 0 aromatic heterocycles. The molecule has 3 aromatic carbocycles. The zero-order chi connectivity index (χ0) is 21.2. The molecule has 0 spiro atoms. The number of sulfonamides is 1. The highest BCUT2D eigenvalue weighted by atomic mass is 35.5. The Balaban J connectivity index is 1.83. The number of nitrogens with one attached hydrogen (secondary N) is 2. The predicted molar refractivity (Wildman–Crippen MR) is 108 cm³/mol. The molecular formula is C20H15ClF2N2O3S. The number of rotatable bonds is 5. The summed E-state index contributed by atoms with van der Waals surface area (Å²) in [6.45, 7) is 1.60. The number of hydrogen-bond acceptors (Lipinski definition) is 3. The second kappa shape index (κ2) is 8.18. The Morgan fingerprint density at radius 2 is 1.59 bits per heavy atom. The lowest BCUT2D eigenvalue weighted by atomic mass is 10.1.